The first kappa shape index (κ1) is 23.8. The highest BCUT2D eigenvalue weighted by molar-refractivity contribution is 6.03. The topological polar surface area (TPSA) is 109 Å². The number of carbonyl (C=O) groups excluding carboxylic acids is 2. The van der Waals surface area contributed by atoms with E-state index in [0.717, 1.165) is 19.3 Å². The number of methoxy groups -OCH3 is 2. The van der Waals surface area contributed by atoms with Crippen molar-refractivity contribution in [3.05, 3.63) is 58.5 Å². The van der Waals surface area contributed by atoms with Crippen LogP contribution in [0, 0.1) is 0 Å². The summed E-state index contributed by atoms with van der Waals surface area (Å²) in [6.45, 7) is 1.92. The van der Waals surface area contributed by atoms with Gasteiger partial charge < -0.3 is 19.5 Å². The third kappa shape index (κ3) is 5.68. The minimum atomic E-state index is -0.789. The third-order valence-electron chi connectivity index (χ3n) is 5.05. The van der Waals surface area contributed by atoms with E-state index in [1.54, 1.807) is 42.5 Å². The van der Waals surface area contributed by atoms with Crippen molar-refractivity contribution in [3.8, 4) is 11.5 Å². The molecule has 0 fully saturated rings. The summed E-state index contributed by atoms with van der Waals surface area (Å²) in [5, 5.41) is 7.64. The summed E-state index contributed by atoms with van der Waals surface area (Å²) in [6, 6.07) is 11.7. The van der Waals surface area contributed by atoms with Gasteiger partial charge in [0.2, 0.25) is 0 Å². The third-order valence-corrected chi connectivity index (χ3v) is 5.05. The van der Waals surface area contributed by atoms with Crippen molar-refractivity contribution in [1.82, 2.24) is 9.78 Å². The van der Waals surface area contributed by atoms with Gasteiger partial charge in [-0.15, -0.1) is 0 Å². The van der Waals surface area contributed by atoms with E-state index in [4.69, 9.17) is 14.2 Å². The summed E-state index contributed by atoms with van der Waals surface area (Å²) >= 11 is 0. The number of nitrogens with zero attached hydrogens (tertiary/aromatic N) is 2. The molecule has 3 aromatic rings. The van der Waals surface area contributed by atoms with E-state index in [1.807, 2.05) is 0 Å². The van der Waals surface area contributed by atoms with Gasteiger partial charge in [0.25, 0.3) is 11.5 Å². The number of aryl methyl sites for hydroxylation is 1. The molecule has 1 aromatic heterocycles. The maximum absolute atomic E-state index is 12.8. The highest BCUT2D eigenvalue weighted by Crippen LogP contribution is 2.28. The van der Waals surface area contributed by atoms with Crippen molar-refractivity contribution >= 4 is 28.3 Å². The minimum absolute atomic E-state index is 0.00606. The summed E-state index contributed by atoms with van der Waals surface area (Å²) in [4.78, 5) is 38.0. The fraction of sp³-hybridized carbons (Fsp3) is 0.333. The lowest BCUT2D eigenvalue weighted by Gasteiger charge is -2.13. The number of anilines is 1. The number of fused-ring (bicyclic) bond motifs is 1. The first-order valence-electron chi connectivity index (χ1n) is 10.7. The SMILES string of the molecule is CCCCCn1nc(C(=O)OCC(=O)Nc2cc(OC)ccc2OC)c2ccccc2c1=O. The molecule has 2 aromatic carbocycles. The van der Waals surface area contributed by atoms with Crippen molar-refractivity contribution in [2.75, 3.05) is 26.1 Å². The molecule has 0 atom stereocenters. The fourth-order valence-electron chi connectivity index (χ4n) is 3.35. The summed E-state index contributed by atoms with van der Waals surface area (Å²) in [5.41, 5.74) is 0.112. The number of hydrogen-bond acceptors (Lipinski definition) is 7. The van der Waals surface area contributed by atoms with Crippen molar-refractivity contribution in [2.24, 2.45) is 0 Å². The van der Waals surface area contributed by atoms with Crippen molar-refractivity contribution in [2.45, 2.75) is 32.7 Å². The lowest BCUT2D eigenvalue weighted by atomic mass is 10.1. The van der Waals surface area contributed by atoms with E-state index in [0.29, 0.717) is 34.5 Å². The second kappa shape index (κ2) is 11.1. The zero-order valence-electron chi connectivity index (χ0n) is 18.9. The van der Waals surface area contributed by atoms with E-state index < -0.39 is 18.5 Å². The molecule has 0 aliphatic rings. The molecule has 0 aliphatic carbocycles. The predicted molar refractivity (Wildman–Crippen MR) is 124 cm³/mol. The number of rotatable bonds is 10. The number of aromatic nitrogens is 2. The fourth-order valence-corrected chi connectivity index (χ4v) is 3.35. The van der Waals surface area contributed by atoms with Crippen LogP contribution in [0.25, 0.3) is 10.8 Å². The molecular weight excluding hydrogens is 426 g/mol. The van der Waals surface area contributed by atoms with E-state index in [2.05, 4.69) is 17.3 Å². The van der Waals surface area contributed by atoms with Crippen LogP contribution in [-0.2, 0) is 16.1 Å². The van der Waals surface area contributed by atoms with Gasteiger partial charge in [0.1, 0.15) is 11.5 Å². The molecule has 1 amide bonds. The van der Waals surface area contributed by atoms with Crippen LogP contribution in [0.5, 0.6) is 11.5 Å². The molecule has 1 heterocycles. The Morgan fingerprint density at radius 1 is 1.03 bits per heavy atom. The Labute approximate surface area is 191 Å². The molecule has 0 saturated carbocycles. The maximum Gasteiger partial charge on any atom is 0.359 e. The molecule has 0 unspecified atom stereocenters. The van der Waals surface area contributed by atoms with Gasteiger partial charge in [-0.3, -0.25) is 9.59 Å². The van der Waals surface area contributed by atoms with E-state index in [1.165, 1.54) is 18.9 Å². The van der Waals surface area contributed by atoms with Crippen LogP contribution in [0.1, 0.15) is 36.7 Å². The molecule has 9 nitrogen and oxygen atoms in total. The number of carbonyl (C=O) groups is 2. The molecular formula is C24H27N3O6. The molecule has 9 heteroatoms. The average molecular weight is 453 g/mol. The van der Waals surface area contributed by atoms with Crippen LogP contribution >= 0.6 is 0 Å². The Morgan fingerprint density at radius 2 is 1.79 bits per heavy atom. The highest BCUT2D eigenvalue weighted by Gasteiger charge is 2.19. The van der Waals surface area contributed by atoms with Crippen LogP contribution in [0.4, 0.5) is 5.69 Å². The number of nitrogens with one attached hydrogen (secondary N) is 1. The van der Waals surface area contributed by atoms with Crippen molar-refractivity contribution < 1.29 is 23.8 Å². The van der Waals surface area contributed by atoms with Gasteiger partial charge in [-0.2, -0.15) is 5.10 Å². The molecule has 3 rings (SSSR count). The number of amides is 1. The highest BCUT2D eigenvalue weighted by atomic mass is 16.5. The number of hydrogen-bond donors (Lipinski definition) is 1. The average Bonchev–Trinajstić information content (AvgIpc) is 2.84. The summed E-state index contributed by atoms with van der Waals surface area (Å²) < 4.78 is 16.9. The molecule has 33 heavy (non-hydrogen) atoms. The molecule has 0 spiro atoms. The van der Waals surface area contributed by atoms with Crippen LogP contribution in [0.3, 0.4) is 0 Å². The molecule has 1 N–H and O–H groups in total. The molecule has 0 aliphatic heterocycles. The Morgan fingerprint density at radius 3 is 2.48 bits per heavy atom. The van der Waals surface area contributed by atoms with Gasteiger partial charge in [0, 0.05) is 18.0 Å². The summed E-state index contributed by atoms with van der Waals surface area (Å²) in [5.74, 6) is -0.384. The minimum Gasteiger partial charge on any atom is -0.497 e. The smallest absolute Gasteiger partial charge is 0.359 e. The first-order valence-corrected chi connectivity index (χ1v) is 10.7. The van der Waals surface area contributed by atoms with E-state index in [-0.39, 0.29) is 11.3 Å². The van der Waals surface area contributed by atoms with Crippen molar-refractivity contribution in [3.63, 3.8) is 0 Å². The molecule has 0 radical (unpaired) electrons. The summed E-state index contributed by atoms with van der Waals surface area (Å²) in [6.07, 6.45) is 2.69. The lowest BCUT2D eigenvalue weighted by Crippen LogP contribution is -2.28. The quantitative estimate of drug-likeness (QED) is 0.370. The number of esters is 1. The normalized spacial score (nSPS) is 10.6. The Balaban J connectivity index is 1.77. The van der Waals surface area contributed by atoms with Crippen LogP contribution in [0.15, 0.2) is 47.3 Å². The Hall–Kier alpha value is -3.88. The second-order valence-corrected chi connectivity index (χ2v) is 7.32. The zero-order chi connectivity index (χ0) is 23.8. The van der Waals surface area contributed by atoms with E-state index in [9.17, 15) is 14.4 Å². The number of ether oxygens (including phenoxy) is 3. The lowest BCUT2D eigenvalue weighted by molar-refractivity contribution is -0.119. The van der Waals surface area contributed by atoms with E-state index >= 15 is 0 Å². The van der Waals surface area contributed by atoms with Crippen LogP contribution < -0.4 is 20.3 Å². The molecule has 174 valence electrons. The maximum atomic E-state index is 12.8. The van der Waals surface area contributed by atoms with Crippen LogP contribution in [-0.4, -0.2) is 42.5 Å². The Bertz CT molecular complexity index is 1200. The number of benzene rings is 2. The van der Waals surface area contributed by atoms with Gasteiger partial charge in [-0.05, 0) is 24.6 Å². The van der Waals surface area contributed by atoms with Gasteiger partial charge in [0.15, 0.2) is 12.3 Å². The van der Waals surface area contributed by atoms with Crippen LogP contribution in [0.2, 0.25) is 0 Å². The predicted octanol–water partition coefficient (Wildman–Crippen LogP) is 3.40. The second-order valence-electron chi connectivity index (χ2n) is 7.32. The van der Waals surface area contributed by atoms with Gasteiger partial charge in [-0.25, -0.2) is 9.48 Å². The largest absolute Gasteiger partial charge is 0.497 e. The van der Waals surface area contributed by atoms with Gasteiger partial charge >= 0.3 is 5.97 Å². The molecule has 0 bridgehead atoms. The number of unbranched alkanes of at least 4 members (excludes halogenated alkanes) is 2. The van der Waals surface area contributed by atoms with Gasteiger partial charge in [-0.1, -0.05) is 38.0 Å². The summed E-state index contributed by atoms with van der Waals surface area (Å²) in [7, 11) is 2.98. The first-order chi connectivity index (χ1) is 16.0. The molecule has 0 saturated heterocycles. The Kier molecular flexibility index (Phi) is 8.01. The van der Waals surface area contributed by atoms with Gasteiger partial charge in [0.05, 0.1) is 25.3 Å². The zero-order valence-corrected chi connectivity index (χ0v) is 18.9. The standard InChI is InChI=1S/C24H27N3O6/c1-4-5-8-13-27-23(29)18-10-7-6-9-17(18)22(26-27)24(30)33-15-21(28)25-19-14-16(31-2)11-12-20(19)32-3/h6-7,9-12,14H,4-5,8,13,15H2,1-3H3,(H,25,28). The monoisotopic (exact) mass is 453 g/mol. The van der Waals surface area contributed by atoms with Crippen molar-refractivity contribution in [1.29, 1.82) is 0 Å².